The van der Waals surface area contributed by atoms with E-state index in [9.17, 15) is 18.0 Å². The summed E-state index contributed by atoms with van der Waals surface area (Å²) in [7, 11) is 0. The smallest absolute Gasteiger partial charge is 0.329 e. The Morgan fingerprint density at radius 1 is 1.25 bits per heavy atom. The third-order valence-electron chi connectivity index (χ3n) is 2.81. The van der Waals surface area contributed by atoms with E-state index in [4.69, 9.17) is 10.5 Å². The lowest BCUT2D eigenvalue weighted by molar-refractivity contribution is -0.140. The molecule has 0 saturated heterocycles. The van der Waals surface area contributed by atoms with Gasteiger partial charge < -0.3 is 4.57 Å². The molecule has 0 N–H and O–H groups in total. The van der Waals surface area contributed by atoms with Crippen molar-refractivity contribution in [3.63, 3.8) is 0 Å². The summed E-state index contributed by atoms with van der Waals surface area (Å²) >= 11 is 0. The number of halogens is 3. The summed E-state index contributed by atoms with van der Waals surface area (Å²) in [6, 6.07) is 7.33. The quantitative estimate of drug-likeness (QED) is 0.792. The van der Waals surface area contributed by atoms with Crippen molar-refractivity contribution in [2.45, 2.75) is 12.7 Å². The van der Waals surface area contributed by atoms with Crippen molar-refractivity contribution in [3.05, 3.63) is 35.0 Å². The number of nitriles is 2. The Labute approximate surface area is 111 Å². The molecule has 0 atom stereocenters. The Kier molecular flexibility index (Phi) is 3.21. The first kappa shape index (κ1) is 13.6. The number of aldehydes is 1. The van der Waals surface area contributed by atoms with Crippen LogP contribution in [0.2, 0.25) is 0 Å². The Morgan fingerprint density at radius 2 is 1.95 bits per heavy atom. The number of carbonyl (C=O) groups is 1. The van der Waals surface area contributed by atoms with Gasteiger partial charge in [0.05, 0.1) is 22.3 Å². The molecule has 1 heterocycles. The van der Waals surface area contributed by atoms with Crippen molar-refractivity contribution in [2.24, 2.45) is 0 Å². The first-order chi connectivity index (χ1) is 9.41. The Morgan fingerprint density at radius 3 is 2.45 bits per heavy atom. The zero-order valence-corrected chi connectivity index (χ0v) is 9.90. The van der Waals surface area contributed by atoms with Gasteiger partial charge in [0.25, 0.3) is 0 Å². The number of carbonyl (C=O) groups excluding carboxylic acids is 1. The second-order valence-electron chi connectivity index (χ2n) is 4.03. The zero-order valence-electron chi connectivity index (χ0n) is 9.90. The highest BCUT2D eigenvalue weighted by Crippen LogP contribution is 2.28. The highest BCUT2D eigenvalue weighted by molar-refractivity contribution is 5.94. The van der Waals surface area contributed by atoms with Crippen molar-refractivity contribution < 1.29 is 18.0 Å². The Balaban J connectivity index is 2.80. The molecular weight excluding hydrogens is 271 g/mol. The molecule has 4 nitrogen and oxygen atoms in total. The van der Waals surface area contributed by atoms with Crippen molar-refractivity contribution in [3.8, 4) is 12.1 Å². The van der Waals surface area contributed by atoms with Crippen molar-refractivity contribution in [2.75, 3.05) is 0 Å². The summed E-state index contributed by atoms with van der Waals surface area (Å²) in [6.07, 6.45) is -4.21. The lowest BCUT2D eigenvalue weighted by atomic mass is 10.1. The normalized spacial score (nSPS) is 11.1. The molecule has 0 aliphatic carbocycles. The second kappa shape index (κ2) is 4.71. The van der Waals surface area contributed by atoms with E-state index in [1.807, 2.05) is 0 Å². The molecule has 2 rings (SSSR count). The van der Waals surface area contributed by atoms with Crippen LogP contribution in [0.25, 0.3) is 10.9 Å². The maximum atomic E-state index is 12.5. The molecule has 0 aliphatic rings. The van der Waals surface area contributed by atoms with Gasteiger partial charge in [-0.05, 0) is 18.2 Å². The van der Waals surface area contributed by atoms with Gasteiger partial charge in [-0.3, -0.25) is 4.79 Å². The molecule has 0 amide bonds. The zero-order chi connectivity index (χ0) is 14.9. The molecule has 20 heavy (non-hydrogen) atoms. The minimum absolute atomic E-state index is 0.0333. The standard InChI is InChI=1S/C13H6F3N3O/c14-13(15,16)7-19-9(6-20)3-10-11(5-18)8(4-17)1-2-12(10)19/h1-3,6H,7H2. The van der Waals surface area contributed by atoms with Crippen molar-refractivity contribution in [1.29, 1.82) is 10.5 Å². The predicted octanol–water partition coefficient (Wildman–Crippen LogP) is 2.76. The molecule has 0 fully saturated rings. The van der Waals surface area contributed by atoms with Gasteiger partial charge >= 0.3 is 6.18 Å². The Bertz CT molecular complexity index is 775. The monoisotopic (exact) mass is 277 g/mol. The lowest BCUT2D eigenvalue weighted by Gasteiger charge is -2.10. The number of hydrogen-bond acceptors (Lipinski definition) is 3. The summed E-state index contributed by atoms with van der Waals surface area (Å²) in [5, 5.41) is 18.1. The number of nitrogens with zero attached hydrogens (tertiary/aromatic N) is 3. The van der Waals surface area contributed by atoms with Gasteiger partial charge in [-0.2, -0.15) is 23.7 Å². The van der Waals surface area contributed by atoms with Crippen LogP contribution in [0.5, 0.6) is 0 Å². The maximum absolute atomic E-state index is 12.5. The molecule has 0 radical (unpaired) electrons. The van der Waals surface area contributed by atoms with Crippen LogP contribution in [0.3, 0.4) is 0 Å². The summed E-state index contributed by atoms with van der Waals surface area (Å²) in [4.78, 5) is 10.9. The summed E-state index contributed by atoms with van der Waals surface area (Å²) in [6.45, 7) is -1.33. The fraction of sp³-hybridized carbons (Fsp3) is 0.154. The van der Waals surface area contributed by atoms with E-state index in [0.717, 1.165) is 4.57 Å². The molecule has 0 unspecified atom stereocenters. The number of aromatic nitrogens is 1. The molecule has 0 bridgehead atoms. The van der Waals surface area contributed by atoms with Gasteiger partial charge in [-0.15, -0.1) is 0 Å². The second-order valence-corrected chi connectivity index (χ2v) is 4.03. The summed E-state index contributed by atoms with van der Waals surface area (Å²) in [5.41, 5.74) is -0.0699. The number of alkyl halides is 3. The van der Waals surface area contributed by atoms with Crippen LogP contribution < -0.4 is 0 Å². The van der Waals surface area contributed by atoms with E-state index in [1.165, 1.54) is 18.2 Å². The van der Waals surface area contributed by atoms with E-state index in [1.54, 1.807) is 12.1 Å². The Hall–Kier alpha value is -2.80. The first-order valence-electron chi connectivity index (χ1n) is 5.39. The van der Waals surface area contributed by atoms with Gasteiger partial charge in [0.15, 0.2) is 6.29 Å². The van der Waals surface area contributed by atoms with Crippen LogP contribution in [-0.4, -0.2) is 17.0 Å². The number of benzene rings is 1. The molecule has 7 heteroatoms. The van der Waals surface area contributed by atoms with Crippen LogP contribution in [-0.2, 0) is 6.54 Å². The van der Waals surface area contributed by atoms with Crippen molar-refractivity contribution >= 4 is 17.2 Å². The fourth-order valence-corrected chi connectivity index (χ4v) is 2.02. The van der Waals surface area contributed by atoms with Crippen LogP contribution in [0.4, 0.5) is 13.2 Å². The maximum Gasteiger partial charge on any atom is 0.406 e. The highest BCUT2D eigenvalue weighted by atomic mass is 19.4. The van der Waals surface area contributed by atoms with E-state index >= 15 is 0 Å². The van der Waals surface area contributed by atoms with E-state index in [0.29, 0.717) is 6.29 Å². The van der Waals surface area contributed by atoms with E-state index in [2.05, 4.69) is 0 Å². The average molecular weight is 277 g/mol. The van der Waals surface area contributed by atoms with Gasteiger partial charge in [-0.1, -0.05) is 0 Å². The van der Waals surface area contributed by atoms with Crippen LogP contribution in [0.1, 0.15) is 21.6 Å². The van der Waals surface area contributed by atoms with Crippen molar-refractivity contribution in [1.82, 2.24) is 4.57 Å². The summed E-state index contributed by atoms with van der Waals surface area (Å²) in [5.74, 6) is 0. The third-order valence-corrected chi connectivity index (χ3v) is 2.81. The molecule has 0 saturated carbocycles. The molecule has 1 aromatic carbocycles. The van der Waals surface area contributed by atoms with Gasteiger partial charge in [0.2, 0.25) is 0 Å². The number of hydrogen-bond donors (Lipinski definition) is 0. The number of fused-ring (bicyclic) bond motifs is 1. The van der Waals surface area contributed by atoms with Gasteiger partial charge in [0.1, 0.15) is 18.7 Å². The molecule has 0 aliphatic heterocycles. The van der Waals surface area contributed by atoms with Crippen LogP contribution in [0, 0.1) is 22.7 Å². The largest absolute Gasteiger partial charge is 0.406 e. The van der Waals surface area contributed by atoms with E-state index < -0.39 is 12.7 Å². The molecule has 0 spiro atoms. The predicted molar refractivity (Wildman–Crippen MR) is 62.8 cm³/mol. The summed E-state index contributed by atoms with van der Waals surface area (Å²) < 4.78 is 38.4. The highest BCUT2D eigenvalue weighted by Gasteiger charge is 2.30. The number of rotatable bonds is 2. The fourth-order valence-electron chi connectivity index (χ4n) is 2.02. The van der Waals surface area contributed by atoms with Crippen LogP contribution in [0.15, 0.2) is 18.2 Å². The van der Waals surface area contributed by atoms with Gasteiger partial charge in [-0.25, -0.2) is 0 Å². The minimum atomic E-state index is -4.50. The molecule has 2 aromatic rings. The SMILES string of the molecule is N#Cc1ccc2c(cc(C=O)n2CC(F)(F)F)c1C#N. The molecular formula is C13H6F3N3O. The van der Waals surface area contributed by atoms with Gasteiger partial charge in [0, 0.05) is 5.39 Å². The first-order valence-corrected chi connectivity index (χ1v) is 5.39. The molecule has 1 aromatic heterocycles. The molecule has 100 valence electrons. The lowest BCUT2D eigenvalue weighted by Crippen LogP contribution is -2.19. The average Bonchev–Trinajstić information content (AvgIpc) is 2.73. The topological polar surface area (TPSA) is 69.6 Å². The van der Waals surface area contributed by atoms with Crippen LogP contribution >= 0.6 is 0 Å². The third kappa shape index (κ3) is 2.21. The minimum Gasteiger partial charge on any atom is -0.329 e. The van der Waals surface area contributed by atoms with E-state index in [-0.39, 0.29) is 27.7 Å².